The molecule has 98 valence electrons. The third-order valence-corrected chi connectivity index (χ3v) is 2.37. The monoisotopic (exact) mass is 260 g/mol. The maximum atomic E-state index is 10.9. The van der Waals surface area contributed by atoms with Crippen LogP contribution < -0.4 is 10.5 Å². The van der Waals surface area contributed by atoms with Gasteiger partial charge in [0, 0.05) is 18.8 Å². The molecule has 0 amide bonds. The molecule has 7 nitrogen and oxygen atoms in total. The maximum absolute atomic E-state index is 10.9. The van der Waals surface area contributed by atoms with Crippen LogP contribution in [0.2, 0.25) is 0 Å². The second-order valence-electron chi connectivity index (χ2n) is 3.90. The zero-order valence-corrected chi connectivity index (χ0v) is 10.2. The van der Waals surface area contributed by atoms with Crippen molar-refractivity contribution < 1.29 is 9.66 Å². The quantitative estimate of drug-likeness (QED) is 0.664. The Morgan fingerprint density at radius 2 is 2.21 bits per heavy atom. The first-order chi connectivity index (χ1) is 9.06. The highest BCUT2D eigenvalue weighted by molar-refractivity contribution is 5.41. The molecule has 7 heteroatoms. The Hall–Kier alpha value is -2.70. The van der Waals surface area contributed by atoms with Crippen LogP contribution in [0.5, 0.6) is 5.75 Å². The highest BCUT2D eigenvalue weighted by Crippen LogP contribution is 2.25. The van der Waals surface area contributed by atoms with E-state index in [1.54, 1.807) is 31.3 Å². The number of hydrogen-bond donors (Lipinski definition) is 1. The van der Waals surface area contributed by atoms with E-state index in [0.717, 1.165) is 0 Å². The highest BCUT2D eigenvalue weighted by atomic mass is 16.6. The number of hydrogen-bond acceptors (Lipinski definition) is 6. The summed E-state index contributed by atoms with van der Waals surface area (Å²) in [6, 6.07) is 6.47. The molecular weight excluding hydrogens is 248 g/mol. The number of anilines is 1. The van der Waals surface area contributed by atoms with E-state index in [1.807, 2.05) is 0 Å². The lowest BCUT2D eigenvalue weighted by Gasteiger charge is -2.06. The number of nitrogen functional groups attached to an aromatic ring is 1. The normalized spacial score (nSPS) is 10.2. The number of nitro groups is 1. The second-order valence-corrected chi connectivity index (χ2v) is 3.90. The van der Waals surface area contributed by atoms with E-state index in [1.165, 1.54) is 6.07 Å². The second kappa shape index (κ2) is 5.30. The Bertz CT molecular complexity index is 616. The molecule has 0 aromatic carbocycles. The molecule has 0 aliphatic rings. The van der Waals surface area contributed by atoms with Crippen LogP contribution in [0, 0.1) is 17.0 Å². The first-order valence-corrected chi connectivity index (χ1v) is 5.51. The van der Waals surface area contributed by atoms with Gasteiger partial charge in [0.05, 0.1) is 5.69 Å². The third kappa shape index (κ3) is 3.15. The number of aromatic nitrogens is 2. The van der Waals surface area contributed by atoms with Crippen LogP contribution in [0.4, 0.5) is 11.5 Å². The molecule has 2 heterocycles. The summed E-state index contributed by atoms with van der Waals surface area (Å²) < 4.78 is 5.37. The van der Waals surface area contributed by atoms with Gasteiger partial charge < -0.3 is 20.6 Å². The van der Waals surface area contributed by atoms with Crippen LogP contribution in [0.25, 0.3) is 0 Å². The molecule has 2 aromatic heterocycles. The molecule has 0 aliphatic heterocycles. The summed E-state index contributed by atoms with van der Waals surface area (Å²) >= 11 is 0. The minimum atomic E-state index is -0.574. The number of rotatable bonds is 4. The van der Waals surface area contributed by atoms with Crippen molar-refractivity contribution in [1.29, 1.82) is 0 Å². The van der Waals surface area contributed by atoms with Crippen LogP contribution in [0.3, 0.4) is 0 Å². The molecular formula is C12H12N4O3. The number of pyridine rings is 2. The van der Waals surface area contributed by atoms with Crippen LogP contribution >= 0.6 is 0 Å². The van der Waals surface area contributed by atoms with Gasteiger partial charge in [-0.2, -0.15) is 0 Å². The third-order valence-electron chi connectivity index (χ3n) is 2.37. The molecule has 0 unspecified atom stereocenters. The average molecular weight is 260 g/mol. The zero-order valence-electron chi connectivity index (χ0n) is 10.2. The number of ether oxygens (including phenoxy) is 1. The Kier molecular flexibility index (Phi) is 3.56. The lowest BCUT2D eigenvalue weighted by molar-refractivity contribution is -0.390. The Morgan fingerprint density at radius 3 is 2.89 bits per heavy atom. The molecule has 0 saturated heterocycles. The molecule has 0 spiro atoms. The fourth-order valence-corrected chi connectivity index (χ4v) is 1.50. The summed E-state index contributed by atoms with van der Waals surface area (Å²) in [6.45, 7) is 1.77. The van der Waals surface area contributed by atoms with Crippen molar-refractivity contribution in [3.63, 3.8) is 0 Å². The van der Waals surface area contributed by atoms with E-state index in [4.69, 9.17) is 10.5 Å². The first-order valence-electron chi connectivity index (χ1n) is 5.51. The van der Waals surface area contributed by atoms with Crippen molar-refractivity contribution in [2.24, 2.45) is 0 Å². The molecule has 0 atom stereocenters. The van der Waals surface area contributed by atoms with Gasteiger partial charge in [-0.1, -0.05) is 0 Å². The van der Waals surface area contributed by atoms with E-state index in [-0.39, 0.29) is 18.2 Å². The Labute approximate surface area is 109 Å². The summed E-state index contributed by atoms with van der Waals surface area (Å²) in [5, 5.41) is 10.9. The van der Waals surface area contributed by atoms with Gasteiger partial charge in [0.1, 0.15) is 12.3 Å². The molecule has 0 fully saturated rings. The van der Waals surface area contributed by atoms with Gasteiger partial charge in [-0.05, 0) is 34.2 Å². The standard InChI is InChI=1S/C12H12N4O3/c1-8-2-3-11(12(15-8)16(17)18)19-7-10-6-9(13)4-5-14-10/h2-6H,7H2,1H3,(H2,13,14). The predicted molar refractivity (Wildman–Crippen MR) is 68.6 cm³/mol. The van der Waals surface area contributed by atoms with Crippen molar-refractivity contribution in [1.82, 2.24) is 9.97 Å². The number of aryl methyl sites for hydroxylation is 1. The van der Waals surface area contributed by atoms with Crippen molar-refractivity contribution in [3.8, 4) is 5.75 Å². The molecule has 2 rings (SSSR count). The van der Waals surface area contributed by atoms with Crippen LogP contribution in [-0.2, 0) is 6.61 Å². The van der Waals surface area contributed by atoms with E-state index in [9.17, 15) is 10.1 Å². The first kappa shape index (κ1) is 12.7. The molecule has 0 saturated carbocycles. The SMILES string of the molecule is Cc1ccc(OCc2cc(N)ccn2)c([N+](=O)[O-])n1. The van der Waals surface area contributed by atoms with Gasteiger partial charge in [-0.15, -0.1) is 0 Å². The summed E-state index contributed by atoms with van der Waals surface area (Å²) in [5.74, 6) is -0.191. The summed E-state index contributed by atoms with van der Waals surface area (Å²) in [7, 11) is 0. The van der Waals surface area contributed by atoms with E-state index >= 15 is 0 Å². The number of nitrogens with zero attached hydrogens (tertiary/aromatic N) is 3. The molecule has 0 aliphatic carbocycles. The Morgan fingerprint density at radius 1 is 1.42 bits per heavy atom. The van der Waals surface area contributed by atoms with Crippen molar-refractivity contribution in [2.75, 3.05) is 5.73 Å². The minimum absolute atomic E-state index is 0.0939. The molecule has 19 heavy (non-hydrogen) atoms. The maximum Gasteiger partial charge on any atom is 0.406 e. The van der Waals surface area contributed by atoms with Crippen molar-refractivity contribution in [3.05, 3.63) is 52.0 Å². The predicted octanol–water partition coefficient (Wildman–Crippen LogP) is 1.85. The fourth-order valence-electron chi connectivity index (χ4n) is 1.50. The zero-order chi connectivity index (χ0) is 13.8. The smallest absolute Gasteiger partial charge is 0.406 e. The van der Waals surface area contributed by atoms with E-state index < -0.39 is 4.92 Å². The van der Waals surface area contributed by atoms with Gasteiger partial charge in [-0.25, -0.2) is 0 Å². The van der Waals surface area contributed by atoms with Crippen molar-refractivity contribution in [2.45, 2.75) is 13.5 Å². The van der Waals surface area contributed by atoms with Crippen LogP contribution in [0.15, 0.2) is 30.5 Å². The Balaban J connectivity index is 2.17. The molecule has 0 radical (unpaired) electrons. The summed E-state index contributed by atoms with van der Waals surface area (Å²) in [4.78, 5) is 18.2. The molecule has 2 N–H and O–H groups in total. The van der Waals surface area contributed by atoms with E-state index in [0.29, 0.717) is 17.1 Å². The summed E-state index contributed by atoms with van der Waals surface area (Å²) in [5.41, 5.74) is 7.32. The molecule has 0 bridgehead atoms. The van der Waals surface area contributed by atoms with Gasteiger partial charge >= 0.3 is 5.82 Å². The van der Waals surface area contributed by atoms with E-state index in [2.05, 4.69) is 9.97 Å². The van der Waals surface area contributed by atoms with Crippen LogP contribution in [0.1, 0.15) is 11.4 Å². The van der Waals surface area contributed by atoms with Crippen LogP contribution in [-0.4, -0.2) is 14.9 Å². The molecule has 2 aromatic rings. The van der Waals surface area contributed by atoms with Gasteiger partial charge in [0.15, 0.2) is 0 Å². The average Bonchev–Trinajstić information content (AvgIpc) is 2.37. The topological polar surface area (TPSA) is 104 Å². The number of nitrogens with two attached hydrogens (primary N) is 1. The highest BCUT2D eigenvalue weighted by Gasteiger charge is 2.17. The largest absolute Gasteiger partial charge is 0.479 e. The lowest BCUT2D eigenvalue weighted by atomic mass is 10.3. The fraction of sp³-hybridized carbons (Fsp3) is 0.167. The van der Waals surface area contributed by atoms with Gasteiger partial charge in [-0.3, -0.25) is 4.98 Å². The lowest BCUT2D eigenvalue weighted by Crippen LogP contribution is -2.03. The minimum Gasteiger partial charge on any atom is -0.479 e. The summed E-state index contributed by atoms with van der Waals surface area (Å²) in [6.07, 6.45) is 1.55. The van der Waals surface area contributed by atoms with Crippen molar-refractivity contribution >= 4 is 11.5 Å². The van der Waals surface area contributed by atoms with Gasteiger partial charge in [0.2, 0.25) is 5.75 Å². The van der Waals surface area contributed by atoms with Gasteiger partial charge in [0.25, 0.3) is 0 Å².